The van der Waals surface area contributed by atoms with E-state index < -0.39 is 0 Å². The second-order valence-electron chi connectivity index (χ2n) is 2.90. The van der Waals surface area contributed by atoms with E-state index in [1.807, 2.05) is 12.3 Å². The fraction of sp³-hybridized carbons (Fsp3) is 0.444. The van der Waals surface area contributed by atoms with Gasteiger partial charge in [-0.15, -0.1) is 0 Å². The van der Waals surface area contributed by atoms with E-state index in [2.05, 4.69) is 33.6 Å². The Morgan fingerprint density at radius 3 is 3.27 bits per heavy atom. The maximum Gasteiger partial charge on any atom is 0.0446 e. The molecule has 0 fully saturated rings. The first-order chi connectivity index (χ1) is 5.38. The second-order valence-corrected chi connectivity index (χ2v) is 4.40. The molecule has 1 aliphatic rings. The van der Waals surface area contributed by atoms with Crippen molar-refractivity contribution in [1.82, 2.24) is 4.98 Å². The average molecular weight is 259 g/mol. The minimum Gasteiger partial charge on any atom is -0.261 e. The van der Waals surface area contributed by atoms with E-state index in [0.29, 0.717) is 3.92 Å². The third-order valence-corrected chi connectivity index (χ3v) is 3.43. The highest BCUT2D eigenvalue weighted by Gasteiger charge is 2.17. The van der Waals surface area contributed by atoms with Crippen molar-refractivity contribution in [3.63, 3.8) is 0 Å². The van der Waals surface area contributed by atoms with Gasteiger partial charge in [0, 0.05) is 15.8 Å². The molecular weight excluding hydrogens is 249 g/mol. The van der Waals surface area contributed by atoms with Gasteiger partial charge in [0.05, 0.1) is 0 Å². The largest absolute Gasteiger partial charge is 0.261 e. The van der Waals surface area contributed by atoms with Crippen LogP contribution in [0.5, 0.6) is 0 Å². The number of rotatable bonds is 0. The third kappa shape index (κ3) is 1.41. The molecule has 1 aromatic heterocycles. The number of hydrogen-bond acceptors (Lipinski definition) is 1. The van der Waals surface area contributed by atoms with Crippen LogP contribution in [-0.4, -0.2) is 4.98 Å². The minimum atomic E-state index is 0.699. The van der Waals surface area contributed by atoms with Crippen molar-refractivity contribution in [2.75, 3.05) is 0 Å². The van der Waals surface area contributed by atoms with E-state index in [1.165, 1.54) is 30.5 Å². The van der Waals surface area contributed by atoms with Crippen LogP contribution in [0.25, 0.3) is 0 Å². The van der Waals surface area contributed by atoms with Gasteiger partial charge in [0.15, 0.2) is 0 Å². The normalized spacial score (nSPS) is 22.8. The Hall–Kier alpha value is -0.120. The van der Waals surface area contributed by atoms with Crippen LogP contribution in [0.15, 0.2) is 18.3 Å². The van der Waals surface area contributed by atoms with Gasteiger partial charge in [-0.05, 0) is 30.9 Å². The summed E-state index contributed by atoms with van der Waals surface area (Å²) in [5.74, 6) is 0. The van der Waals surface area contributed by atoms with Crippen molar-refractivity contribution in [3.8, 4) is 0 Å². The zero-order valence-electron chi connectivity index (χ0n) is 6.26. The van der Waals surface area contributed by atoms with Crippen LogP contribution >= 0.6 is 22.6 Å². The van der Waals surface area contributed by atoms with Crippen LogP contribution in [0.3, 0.4) is 0 Å². The van der Waals surface area contributed by atoms with Gasteiger partial charge in [0.25, 0.3) is 0 Å². The monoisotopic (exact) mass is 259 g/mol. The van der Waals surface area contributed by atoms with Crippen molar-refractivity contribution in [2.45, 2.75) is 23.2 Å². The second kappa shape index (κ2) is 3.09. The number of hydrogen-bond donors (Lipinski definition) is 0. The fourth-order valence-corrected chi connectivity index (χ4v) is 2.56. The Kier molecular flexibility index (Phi) is 2.11. The molecule has 0 spiro atoms. The third-order valence-electron chi connectivity index (χ3n) is 2.13. The van der Waals surface area contributed by atoms with Gasteiger partial charge in [-0.3, -0.25) is 4.98 Å². The van der Waals surface area contributed by atoms with E-state index in [-0.39, 0.29) is 0 Å². The number of aryl methyl sites for hydroxylation is 1. The van der Waals surface area contributed by atoms with Gasteiger partial charge in [-0.2, -0.15) is 0 Å². The molecule has 1 aromatic rings. The van der Waals surface area contributed by atoms with E-state index >= 15 is 0 Å². The van der Waals surface area contributed by atoms with E-state index in [4.69, 9.17) is 0 Å². The lowest BCUT2D eigenvalue weighted by molar-refractivity contribution is 0.671. The van der Waals surface area contributed by atoms with Crippen LogP contribution in [0.4, 0.5) is 0 Å². The maximum absolute atomic E-state index is 4.36. The summed E-state index contributed by atoms with van der Waals surface area (Å²) in [6.07, 6.45) is 5.69. The lowest BCUT2D eigenvalue weighted by Crippen LogP contribution is -2.06. The molecule has 1 unspecified atom stereocenters. The Morgan fingerprint density at radius 1 is 1.55 bits per heavy atom. The minimum absolute atomic E-state index is 0.699. The topological polar surface area (TPSA) is 12.9 Å². The van der Waals surface area contributed by atoms with Crippen LogP contribution in [0.1, 0.15) is 28.0 Å². The Labute approximate surface area is 80.4 Å². The molecule has 2 rings (SSSR count). The molecule has 2 heteroatoms. The lowest BCUT2D eigenvalue weighted by Gasteiger charge is -2.18. The van der Waals surface area contributed by atoms with Crippen molar-refractivity contribution in [1.29, 1.82) is 0 Å². The van der Waals surface area contributed by atoms with Gasteiger partial charge < -0.3 is 0 Å². The highest BCUT2D eigenvalue weighted by atomic mass is 127. The molecule has 1 heterocycles. The van der Waals surface area contributed by atoms with E-state index in [0.717, 1.165) is 0 Å². The van der Waals surface area contributed by atoms with Gasteiger partial charge in [0.2, 0.25) is 0 Å². The highest BCUT2D eigenvalue weighted by Crippen LogP contribution is 2.34. The Bertz CT molecular complexity index is 259. The zero-order chi connectivity index (χ0) is 7.68. The summed E-state index contributed by atoms with van der Waals surface area (Å²) in [6.45, 7) is 0. The standard InChI is InChI=1S/C9H10IN/c10-8-4-1-5-9-7(8)3-2-6-11-9/h2-3,6,8H,1,4-5H2. The first-order valence-corrected chi connectivity index (χ1v) is 5.20. The first kappa shape index (κ1) is 7.53. The summed E-state index contributed by atoms with van der Waals surface area (Å²) in [7, 11) is 0. The van der Waals surface area contributed by atoms with E-state index in [9.17, 15) is 0 Å². The molecule has 1 nitrogen and oxygen atoms in total. The summed E-state index contributed by atoms with van der Waals surface area (Å²) in [4.78, 5) is 4.36. The predicted molar refractivity (Wildman–Crippen MR) is 53.9 cm³/mol. The summed E-state index contributed by atoms with van der Waals surface area (Å²) >= 11 is 2.51. The number of nitrogens with zero attached hydrogens (tertiary/aromatic N) is 1. The quantitative estimate of drug-likeness (QED) is 0.515. The molecule has 58 valence electrons. The highest BCUT2D eigenvalue weighted by molar-refractivity contribution is 14.1. The van der Waals surface area contributed by atoms with Crippen molar-refractivity contribution in [3.05, 3.63) is 29.6 Å². The van der Waals surface area contributed by atoms with Crippen molar-refractivity contribution < 1.29 is 0 Å². The molecule has 1 atom stereocenters. The number of pyridine rings is 1. The van der Waals surface area contributed by atoms with Gasteiger partial charge >= 0.3 is 0 Å². The molecule has 0 aromatic carbocycles. The molecule has 1 aliphatic carbocycles. The summed E-state index contributed by atoms with van der Waals surface area (Å²) < 4.78 is 0.699. The summed E-state index contributed by atoms with van der Waals surface area (Å²) in [5, 5.41) is 0. The van der Waals surface area contributed by atoms with Crippen LogP contribution in [0.2, 0.25) is 0 Å². The summed E-state index contributed by atoms with van der Waals surface area (Å²) in [6, 6.07) is 4.24. The van der Waals surface area contributed by atoms with Gasteiger partial charge in [-0.25, -0.2) is 0 Å². The summed E-state index contributed by atoms with van der Waals surface area (Å²) in [5.41, 5.74) is 2.78. The van der Waals surface area contributed by atoms with Crippen molar-refractivity contribution >= 4 is 22.6 Å². The van der Waals surface area contributed by atoms with Gasteiger partial charge in [-0.1, -0.05) is 28.7 Å². The zero-order valence-corrected chi connectivity index (χ0v) is 8.41. The lowest BCUT2D eigenvalue weighted by atomic mass is 9.96. The SMILES string of the molecule is IC1CCCc2ncccc21. The molecule has 0 saturated carbocycles. The Balaban J connectivity index is 2.44. The van der Waals surface area contributed by atoms with Crippen LogP contribution in [0, 0.1) is 0 Å². The smallest absolute Gasteiger partial charge is 0.0446 e. The fourth-order valence-electron chi connectivity index (χ4n) is 1.55. The predicted octanol–water partition coefficient (Wildman–Crippen LogP) is 2.89. The molecule has 0 saturated heterocycles. The molecule has 11 heavy (non-hydrogen) atoms. The molecule has 0 amide bonds. The molecule has 0 radical (unpaired) electrons. The van der Waals surface area contributed by atoms with Crippen LogP contribution in [-0.2, 0) is 6.42 Å². The molecule has 0 bridgehead atoms. The Morgan fingerprint density at radius 2 is 2.45 bits per heavy atom. The molecular formula is C9H10IN. The van der Waals surface area contributed by atoms with E-state index in [1.54, 1.807) is 0 Å². The number of aromatic nitrogens is 1. The maximum atomic E-state index is 4.36. The van der Waals surface area contributed by atoms with Crippen LogP contribution < -0.4 is 0 Å². The number of halogens is 1. The first-order valence-electron chi connectivity index (χ1n) is 3.96. The molecule has 0 aliphatic heterocycles. The average Bonchev–Trinajstić information content (AvgIpc) is 2.06. The van der Waals surface area contributed by atoms with Gasteiger partial charge in [0.1, 0.15) is 0 Å². The molecule has 0 N–H and O–H groups in total. The number of fused-ring (bicyclic) bond motifs is 1. The number of alkyl halides is 1. The van der Waals surface area contributed by atoms with Crippen molar-refractivity contribution in [2.24, 2.45) is 0 Å².